The van der Waals surface area contributed by atoms with E-state index in [4.69, 9.17) is 17.3 Å². The van der Waals surface area contributed by atoms with Gasteiger partial charge in [-0.3, -0.25) is 9.59 Å². The fraction of sp³-hybridized carbons (Fsp3) is 0.0667. The second kappa shape index (κ2) is 6.75. The van der Waals surface area contributed by atoms with E-state index in [0.717, 1.165) is 0 Å². The molecule has 6 heteroatoms. The van der Waals surface area contributed by atoms with Gasteiger partial charge in [0.05, 0.1) is 12.2 Å². The van der Waals surface area contributed by atoms with E-state index in [1.807, 2.05) is 0 Å². The summed E-state index contributed by atoms with van der Waals surface area (Å²) in [6.45, 7) is 0.203. The Morgan fingerprint density at radius 2 is 2.19 bits per heavy atom. The van der Waals surface area contributed by atoms with Crippen molar-refractivity contribution >= 4 is 23.2 Å². The number of aromatic amines is 1. The lowest BCUT2D eigenvalue weighted by atomic mass is 10.1. The molecule has 0 fully saturated rings. The van der Waals surface area contributed by atoms with Crippen molar-refractivity contribution in [3.05, 3.63) is 63.0 Å². The number of nitrogens with one attached hydrogen (secondary N) is 2. The molecular weight excluding hydrogens is 290 g/mol. The Bertz CT molecular complexity index is 787. The van der Waals surface area contributed by atoms with Gasteiger partial charge in [0.15, 0.2) is 0 Å². The molecule has 2 rings (SSSR count). The zero-order chi connectivity index (χ0) is 15.2. The van der Waals surface area contributed by atoms with Crippen LogP contribution >= 0.6 is 11.6 Å². The summed E-state index contributed by atoms with van der Waals surface area (Å²) < 4.78 is 0. The van der Waals surface area contributed by atoms with E-state index < -0.39 is 11.5 Å². The normalized spacial score (nSPS) is 9.62. The first-order valence-corrected chi connectivity index (χ1v) is 6.47. The molecule has 0 radical (unpaired) electrons. The molecular formula is C15H12ClN3O2. The number of carbonyl (C=O) groups excluding carboxylic acids is 1. The lowest BCUT2D eigenvalue weighted by Crippen LogP contribution is -2.22. The quantitative estimate of drug-likeness (QED) is 0.736. The zero-order valence-electron chi connectivity index (χ0n) is 10.9. The van der Waals surface area contributed by atoms with Gasteiger partial charge >= 0.3 is 0 Å². The number of carbonyl (C=O) groups is 1. The second-order valence-electron chi connectivity index (χ2n) is 4.06. The molecule has 1 heterocycles. The van der Waals surface area contributed by atoms with Gasteiger partial charge in [0.2, 0.25) is 0 Å². The van der Waals surface area contributed by atoms with Crippen LogP contribution in [0.4, 0.5) is 5.69 Å². The molecule has 0 atom stereocenters. The Kier molecular flexibility index (Phi) is 4.77. The number of hydrogen-bond donors (Lipinski definition) is 3. The number of anilines is 1. The third kappa shape index (κ3) is 3.72. The first kappa shape index (κ1) is 14.9. The van der Waals surface area contributed by atoms with Gasteiger partial charge in [-0.2, -0.15) is 0 Å². The summed E-state index contributed by atoms with van der Waals surface area (Å²) in [6.07, 6.45) is 1.46. The highest BCUT2D eigenvalue weighted by molar-refractivity contribution is 6.31. The molecule has 2 aromatic rings. The lowest BCUT2D eigenvalue weighted by Gasteiger charge is -2.07. The maximum absolute atomic E-state index is 12.1. The Morgan fingerprint density at radius 3 is 2.90 bits per heavy atom. The van der Waals surface area contributed by atoms with Crippen molar-refractivity contribution in [3.8, 4) is 11.8 Å². The molecule has 0 saturated carbocycles. The number of nitrogens with two attached hydrogens (primary N) is 1. The van der Waals surface area contributed by atoms with Crippen LogP contribution in [0.3, 0.4) is 0 Å². The number of amides is 1. The number of hydrogen-bond acceptors (Lipinski definition) is 3. The summed E-state index contributed by atoms with van der Waals surface area (Å²) in [5.41, 5.74) is 5.88. The van der Waals surface area contributed by atoms with Crippen LogP contribution < -0.4 is 16.6 Å². The number of rotatable bonds is 2. The van der Waals surface area contributed by atoms with Crippen molar-refractivity contribution in [2.75, 3.05) is 11.9 Å². The number of benzene rings is 1. The zero-order valence-corrected chi connectivity index (χ0v) is 11.7. The first-order valence-electron chi connectivity index (χ1n) is 6.09. The molecule has 0 saturated heterocycles. The SMILES string of the molecule is NCC#Cc1ccc(Cl)cc1NC(=O)c1ccc[nH]c1=O. The molecule has 21 heavy (non-hydrogen) atoms. The Morgan fingerprint density at radius 1 is 1.38 bits per heavy atom. The average Bonchev–Trinajstić information content (AvgIpc) is 2.47. The minimum absolute atomic E-state index is 0.00945. The highest BCUT2D eigenvalue weighted by Crippen LogP contribution is 2.20. The van der Waals surface area contributed by atoms with E-state index in [2.05, 4.69) is 22.1 Å². The highest BCUT2D eigenvalue weighted by atomic mass is 35.5. The summed E-state index contributed by atoms with van der Waals surface area (Å²) in [4.78, 5) is 26.2. The van der Waals surface area contributed by atoms with E-state index in [1.54, 1.807) is 24.3 Å². The molecule has 1 aromatic heterocycles. The molecule has 1 amide bonds. The largest absolute Gasteiger partial charge is 0.328 e. The molecule has 0 aliphatic heterocycles. The van der Waals surface area contributed by atoms with Crippen molar-refractivity contribution in [3.63, 3.8) is 0 Å². The minimum atomic E-state index is -0.532. The summed E-state index contributed by atoms with van der Waals surface area (Å²) in [6, 6.07) is 7.91. The molecule has 0 unspecified atom stereocenters. The topological polar surface area (TPSA) is 88.0 Å². The van der Waals surface area contributed by atoms with Crippen molar-refractivity contribution < 1.29 is 4.79 Å². The molecule has 5 nitrogen and oxygen atoms in total. The third-order valence-electron chi connectivity index (χ3n) is 2.62. The summed E-state index contributed by atoms with van der Waals surface area (Å²) >= 11 is 5.92. The monoisotopic (exact) mass is 301 g/mol. The van der Waals surface area contributed by atoms with Gasteiger partial charge < -0.3 is 16.0 Å². The maximum atomic E-state index is 12.1. The predicted molar refractivity (Wildman–Crippen MR) is 82.4 cm³/mol. The molecule has 0 aliphatic rings. The van der Waals surface area contributed by atoms with Crippen molar-refractivity contribution in [1.29, 1.82) is 0 Å². The van der Waals surface area contributed by atoms with E-state index in [9.17, 15) is 9.59 Å². The number of H-pyrrole nitrogens is 1. The van der Waals surface area contributed by atoms with Gasteiger partial charge in [-0.15, -0.1) is 0 Å². The maximum Gasteiger partial charge on any atom is 0.261 e. The van der Waals surface area contributed by atoms with Crippen LogP contribution in [0, 0.1) is 11.8 Å². The van der Waals surface area contributed by atoms with Gasteiger partial charge in [0.25, 0.3) is 11.5 Å². The van der Waals surface area contributed by atoms with Crippen LogP contribution in [0.2, 0.25) is 5.02 Å². The number of halogens is 1. The van der Waals surface area contributed by atoms with Crippen molar-refractivity contribution in [2.24, 2.45) is 5.73 Å². The predicted octanol–water partition coefficient (Wildman–Crippen LogP) is 1.59. The third-order valence-corrected chi connectivity index (χ3v) is 2.85. The van der Waals surface area contributed by atoms with Gasteiger partial charge in [0.1, 0.15) is 5.56 Å². The Hall–Kier alpha value is -2.55. The van der Waals surface area contributed by atoms with Gasteiger partial charge in [-0.1, -0.05) is 23.4 Å². The van der Waals surface area contributed by atoms with E-state index >= 15 is 0 Å². The fourth-order valence-electron chi connectivity index (χ4n) is 1.67. The summed E-state index contributed by atoms with van der Waals surface area (Å²) in [7, 11) is 0. The van der Waals surface area contributed by atoms with E-state index in [1.165, 1.54) is 12.3 Å². The van der Waals surface area contributed by atoms with Crippen LogP contribution in [0.25, 0.3) is 0 Å². The molecule has 0 aliphatic carbocycles. The van der Waals surface area contributed by atoms with Crippen LogP contribution in [0.5, 0.6) is 0 Å². The van der Waals surface area contributed by atoms with Gasteiger partial charge in [-0.25, -0.2) is 0 Å². The fourth-order valence-corrected chi connectivity index (χ4v) is 1.84. The number of pyridine rings is 1. The molecule has 1 aromatic carbocycles. The molecule has 4 N–H and O–H groups in total. The number of aromatic nitrogens is 1. The van der Waals surface area contributed by atoms with Crippen LogP contribution in [-0.4, -0.2) is 17.4 Å². The van der Waals surface area contributed by atoms with Crippen LogP contribution in [0.15, 0.2) is 41.3 Å². The Labute approximate surface area is 126 Å². The minimum Gasteiger partial charge on any atom is -0.328 e. The van der Waals surface area contributed by atoms with Crippen LogP contribution in [0.1, 0.15) is 15.9 Å². The molecule has 0 bridgehead atoms. The Balaban J connectivity index is 2.35. The lowest BCUT2D eigenvalue weighted by molar-refractivity contribution is 0.102. The standard InChI is InChI=1S/C15H12ClN3O2/c16-11-6-5-10(3-1-7-17)13(9-11)19-15(21)12-4-2-8-18-14(12)20/h2,4-6,8-9H,7,17H2,(H,18,20)(H,19,21). The van der Waals surface area contributed by atoms with E-state index in [-0.39, 0.29) is 12.1 Å². The molecule has 106 valence electrons. The second-order valence-corrected chi connectivity index (χ2v) is 4.50. The van der Waals surface area contributed by atoms with E-state index in [0.29, 0.717) is 16.3 Å². The summed E-state index contributed by atoms with van der Waals surface area (Å²) in [5, 5.41) is 3.08. The highest BCUT2D eigenvalue weighted by Gasteiger charge is 2.12. The summed E-state index contributed by atoms with van der Waals surface area (Å²) in [5.74, 6) is 5.01. The van der Waals surface area contributed by atoms with Gasteiger partial charge in [-0.05, 0) is 30.3 Å². The van der Waals surface area contributed by atoms with Gasteiger partial charge in [0, 0.05) is 16.8 Å². The van der Waals surface area contributed by atoms with Crippen molar-refractivity contribution in [2.45, 2.75) is 0 Å². The van der Waals surface area contributed by atoms with Crippen LogP contribution in [-0.2, 0) is 0 Å². The smallest absolute Gasteiger partial charge is 0.261 e. The van der Waals surface area contributed by atoms with Crippen molar-refractivity contribution in [1.82, 2.24) is 4.98 Å². The molecule has 0 spiro atoms. The first-order chi connectivity index (χ1) is 10.1. The average molecular weight is 302 g/mol.